The lowest BCUT2D eigenvalue weighted by molar-refractivity contribution is -0.199. The van der Waals surface area contributed by atoms with Gasteiger partial charge < -0.3 is 20.1 Å². The van der Waals surface area contributed by atoms with Crippen LogP contribution in [0.4, 0.5) is 0 Å². The molecule has 34 heavy (non-hydrogen) atoms. The predicted molar refractivity (Wildman–Crippen MR) is 137 cm³/mol. The molecule has 190 valence electrons. The predicted octanol–water partition coefficient (Wildman–Crippen LogP) is 5.85. The van der Waals surface area contributed by atoms with Gasteiger partial charge in [0.15, 0.2) is 0 Å². The minimum absolute atomic E-state index is 0.0612. The molecule has 0 aromatic heterocycles. The molecule has 2 bridgehead atoms. The first-order chi connectivity index (χ1) is 15.9. The van der Waals surface area contributed by atoms with Gasteiger partial charge in [-0.25, -0.2) is 0 Å². The Labute approximate surface area is 207 Å². The average molecular weight is 471 g/mol. The Balaban J connectivity index is 1.50. The number of hydrogen-bond acceptors (Lipinski definition) is 4. The van der Waals surface area contributed by atoms with Crippen LogP contribution in [0, 0.1) is 34.0 Å². The van der Waals surface area contributed by atoms with Crippen molar-refractivity contribution in [2.75, 3.05) is 6.54 Å². The van der Waals surface area contributed by atoms with Crippen molar-refractivity contribution < 1.29 is 19.2 Å². The molecule has 3 saturated carbocycles. The fraction of sp³-hybridized carbons (Fsp3) is 0.821. The third-order valence-electron chi connectivity index (χ3n) is 10.7. The van der Waals surface area contributed by atoms with Crippen molar-refractivity contribution in [2.45, 2.75) is 105 Å². The summed E-state index contributed by atoms with van der Waals surface area (Å²) in [4.78, 5) is 12.7. The molecule has 5 aliphatic rings. The summed E-state index contributed by atoms with van der Waals surface area (Å²) < 4.78 is 13.1. The van der Waals surface area contributed by atoms with Crippen LogP contribution in [0.25, 0.3) is 0 Å². The van der Waals surface area contributed by atoms with Gasteiger partial charge in [-0.05, 0) is 108 Å². The summed E-state index contributed by atoms with van der Waals surface area (Å²) in [5, 5.41) is 10.5. The fourth-order valence-electron chi connectivity index (χ4n) is 8.50. The highest BCUT2D eigenvalue weighted by atomic mass is 16.7. The molecule has 5 nitrogen and oxygen atoms in total. The number of carboxylic acids is 1. The third kappa shape index (κ3) is 3.83. The van der Waals surface area contributed by atoms with Crippen molar-refractivity contribution in [3.63, 3.8) is 0 Å². The van der Waals surface area contributed by atoms with E-state index in [1.165, 1.54) is 6.42 Å². The zero-order chi connectivity index (χ0) is 24.9. The highest BCUT2D eigenvalue weighted by Gasteiger charge is 2.67. The van der Waals surface area contributed by atoms with Gasteiger partial charge in [0, 0.05) is 0 Å². The number of carboxylic acid groups (broad SMARTS) is 1. The second-order valence-electron chi connectivity index (χ2n) is 12.7. The minimum atomic E-state index is -0.833. The molecule has 3 N–H and O–H groups in total. The normalized spacial score (nSPS) is 42.9. The lowest BCUT2D eigenvalue weighted by atomic mass is 9.43. The van der Waals surface area contributed by atoms with Gasteiger partial charge in [-0.3, -0.25) is 4.79 Å². The van der Waals surface area contributed by atoms with Crippen LogP contribution in [0.5, 0.6) is 0 Å². The minimum Gasteiger partial charge on any atom is -0.481 e. The molecule has 4 aliphatic carbocycles. The zero-order valence-corrected chi connectivity index (χ0v) is 22.2. The Morgan fingerprint density at radius 2 is 2.00 bits per heavy atom. The lowest BCUT2D eigenvalue weighted by Crippen LogP contribution is -2.65. The van der Waals surface area contributed by atoms with Gasteiger partial charge in [0.25, 0.3) is 0 Å². The maximum absolute atomic E-state index is 12.7. The van der Waals surface area contributed by atoms with Crippen molar-refractivity contribution in [3.05, 3.63) is 23.8 Å². The molecule has 0 aromatic rings. The Hall–Kier alpha value is -1.11. The van der Waals surface area contributed by atoms with E-state index in [1.807, 2.05) is 13.8 Å². The molecule has 1 aliphatic heterocycles. The largest absolute Gasteiger partial charge is 0.481 e. The quantitative estimate of drug-likeness (QED) is 0.326. The van der Waals surface area contributed by atoms with Crippen molar-refractivity contribution in [2.24, 2.45) is 39.7 Å². The van der Waals surface area contributed by atoms with Gasteiger partial charge in [-0.15, -0.1) is 0 Å². The number of rotatable bonds is 9. The Kier molecular flexibility index (Phi) is 6.94. The summed E-state index contributed by atoms with van der Waals surface area (Å²) in [5.41, 5.74) is 6.37. The van der Waals surface area contributed by atoms with E-state index in [9.17, 15) is 9.90 Å². The van der Waals surface area contributed by atoms with E-state index in [0.29, 0.717) is 24.3 Å². The first-order valence-corrected chi connectivity index (χ1v) is 13.5. The smallest absolute Gasteiger partial charge is 0.457 e. The van der Waals surface area contributed by atoms with Crippen LogP contribution in [-0.2, 0) is 14.1 Å². The number of allylic oxidation sites excluding steroid dienone is 3. The zero-order valence-electron chi connectivity index (χ0n) is 22.2. The molecule has 1 saturated heterocycles. The van der Waals surface area contributed by atoms with E-state index < -0.39 is 11.4 Å². The van der Waals surface area contributed by atoms with Gasteiger partial charge in [-0.2, -0.15) is 0 Å². The van der Waals surface area contributed by atoms with Crippen molar-refractivity contribution >= 4 is 13.1 Å². The Morgan fingerprint density at radius 1 is 1.26 bits per heavy atom. The van der Waals surface area contributed by atoms with Crippen LogP contribution >= 0.6 is 0 Å². The Morgan fingerprint density at radius 3 is 2.62 bits per heavy atom. The molecule has 1 unspecified atom stereocenters. The van der Waals surface area contributed by atoms with Crippen molar-refractivity contribution in [1.29, 1.82) is 0 Å². The van der Waals surface area contributed by atoms with Crippen molar-refractivity contribution in [3.8, 4) is 0 Å². The maximum atomic E-state index is 12.7. The second-order valence-corrected chi connectivity index (χ2v) is 12.7. The SMILES string of the molecule is C/C=C/CC[C@]1(CCCB2OC3C[C@@H]4C[C@@H](C4(C)C)[C@]3(C)O2)[C@H](CN)C=C(C)C[C@@]1(C)C(=O)O. The van der Waals surface area contributed by atoms with E-state index in [2.05, 4.69) is 45.9 Å². The first kappa shape index (κ1) is 26.0. The molecule has 0 amide bonds. The van der Waals surface area contributed by atoms with E-state index >= 15 is 0 Å². The molecule has 7 atom stereocenters. The number of aliphatic carboxylic acids is 1. The van der Waals surface area contributed by atoms with E-state index in [0.717, 1.165) is 49.9 Å². The summed E-state index contributed by atoms with van der Waals surface area (Å²) >= 11 is 0. The lowest BCUT2D eigenvalue weighted by Gasteiger charge is -2.64. The summed E-state index contributed by atoms with van der Waals surface area (Å²) in [6.45, 7) is 13.5. The molecule has 6 heteroatoms. The van der Waals surface area contributed by atoms with Crippen LogP contribution in [0.3, 0.4) is 0 Å². The monoisotopic (exact) mass is 471 g/mol. The maximum Gasteiger partial charge on any atom is 0.457 e. The van der Waals surface area contributed by atoms with E-state index in [1.54, 1.807) is 0 Å². The second kappa shape index (κ2) is 9.08. The average Bonchev–Trinajstić information content (AvgIpc) is 3.11. The molecule has 0 spiro atoms. The van der Waals surface area contributed by atoms with Gasteiger partial charge in [0.2, 0.25) is 0 Å². The summed E-state index contributed by atoms with van der Waals surface area (Å²) in [6.07, 6.45) is 13.8. The van der Waals surface area contributed by atoms with Crippen LogP contribution in [0.1, 0.15) is 86.5 Å². The van der Waals surface area contributed by atoms with Crippen LogP contribution < -0.4 is 5.73 Å². The van der Waals surface area contributed by atoms with Gasteiger partial charge in [0.1, 0.15) is 0 Å². The molecule has 1 heterocycles. The molecule has 4 fully saturated rings. The molecular formula is C28H46BNO4. The van der Waals surface area contributed by atoms with Crippen LogP contribution in [0.2, 0.25) is 6.32 Å². The first-order valence-electron chi connectivity index (χ1n) is 13.5. The topological polar surface area (TPSA) is 81.8 Å². The number of nitrogens with two attached hydrogens (primary N) is 1. The molecule has 0 aromatic carbocycles. The highest BCUT2D eigenvalue weighted by Crippen LogP contribution is 2.66. The van der Waals surface area contributed by atoms with Gasteiger partial charge in [0.05, 0.1) is 17.1 Å². The van der Waals surface area contributed by atoms with E-state index in [4.69, 9.17) is 15.0 Å². The van der Waals surface area contributed by atoms with Gasteiger partial charge in [-0.1, -0.05) is 44.1 Å². The summed E-state index contributed by atoms with van der Waals surface area (Å²) in [5.74, 6) is 0.662. The number of carbonyl (C=O) groups is 1. The fourth-order valence-corrected chi connectivity index (χ4v) is 8.50. The summed E-state index contributed by atoms with van der Waals surface area (Å²) in [6, 6.07) is 0. The highest BCUT2D eigenvalue weighted by molar-refractivity contribution is 6.45. The van der Waals surface area contributed by atoms with Crippen molar-refractivity contribution in [1.82, 2.24) is 0 Å². The number of hydrogen-bond donors (Lipinski definition) is 2. The third-order valence-corrected chi connectivity index (χ3v) is 10.7. The van der Waals surface area contributed by atoms with Gasteiger partial charge >= 0.3 is 13.1 Å². The van der Waals surface area contributed by atoms with E-state index in [-0.39, 0.29) is 30.2 Å². The molecule has 5 rings (SSSR count). The Bertz CT molecular complexity index is 855. The van der Waals surface area contributed by atoms with Crippen LogP contribution in [0.15, 0.2) is 23.8 Å². The standard InChI is InChI=1S/C28H46BNO4/c1-7-8-9-11-28(21(18-30)14-19(2)17-26(28,5)24(31)32)12-10-13-29-33-23-16-20-15-22(25(20,3)4)27(23,6)34-29/h7-8,14,20-23H,9-13,15-18,30H2,1-6H3,(H,31,32)/b8-7+/t20-,21-,22-,23?,26-,27-,28-/m0/s1. The van der Waals surface area contributed by atoms with Crippen LogP contribution in [-0.4, -0.2) is 36.4 Å². The molecule has 0 radical (unpaired) electrons. The molecular weight excluding hydrogens is 425 g/mol. The summed E-state index contributed by atoms with van der Waals surface area (Å²) in [7, 11) is -0.189.